The Morgan fingerprint density at radius 2 is 1.48 bits per heavy atom. The Kier molecular flexibility index (Phi) is 4.03. The molecule has 0 unspecified atom stereocenters. The van der Waals surface area contributed by atoms with Crippen molar-refractivity contribution in [2.75, 3.05) is 0 Å². The van der Waals surface area contributed by atoms with Gasteiger partial charge in [-0.2, -0.15) is 0 Å². The molecule has 0 aliphatic carbocycles. The standard InChI is InChI=1S/C16H11N3S2/c20-16(21)11-7-8-13(12-5-1-3-9-17-12)19-15(11)14-6-2-4-10-18-14/h1-10H,(H,20,21). The lowest BCUT2D eigenvalue weighted by Gasteiger charge is -2.09. The zero-order chi connectivity index (χ0) is 14.7. The highest BCUT2D eigenvalue weighted by atomic mass is 32.1. The van der Waals surface area contributed by atoms with E-state index in [9.17, 15) is 0 Å². The van der Waals surface area contributed by atoms with Crippen LogP contribution in [0.5, 0.6) is 0 Å². The third-order valence-corrected chi connectivity index (χ3v) is 3.42. The Morgan fingerprint density at radius 3 is 2.05 bits per heavy atom. The summed E-state index contributed by atoms with van der Waals surface area (Å²) >= 11 is 9.47. The molecule has 0 aliphatic heterocycles. The number of pyridine rings is 3. The number of rotatable bonds is 3. The second-order valence-electron chi connectivity index (χ2n) is 4.33. The first-order valence-corrected chi connectivity index (χ1v) is 7.18. The van der Waals surface area contributed by atoms with Gasteiger partial charge in [0.25, 0.3) is 0 Å². The fourth-order valence-electron chi connectivity index (χ4n) is 1.99. The lowest BCUT2D eigenvalue weighted by molar-refractivity contribution is 1.21. The van der Waals surface area contributed by atoms with Crippen LogP contribution in [0.25, 0.3) is 22.8 Å². The average Bonchev–Trinajstić information content (AvgIpc) is 2.56. The van der Waals surface area contributed by atoms with Crippen molar-refractivity contribution >= 4 is 29.0 Å². The molecule has 0 spiro atoms. The quantitative estimate of drug-likeness (QED) is 0.590. The van der Waals surface area contributed by atoms with Crippen molar-refractivity contribution in [2.45, 2.75) is 0 Å². The second-order valence-corrected chi connectivity index (χ2v) is 5.49. The maximum absolute atomic E-state index is 5.19. The summed E-state index contributed by atoms with van der Waals surface area (Å²) in [6.07, 6.45) is 3.48. The molecule has 102 valence electrons. The first-order valence-electron chi connectivity index (χ1n) is 6.33. The molecular weight excluding hydrogens is 298 g/mol. The summed E-state index contributed by atoms with van der Waals surface area (Å²) in [5.74, 6) is 0. The summed E-state index contributed by atoms with van der Waals surface area (Å²) in [4.78, 5) is 13.3. The lowest BCUT2D eigenvalue weighted by atomic mass is 10.1. The van der Waals surface area contributed by atoms with Gasteiger partial charge in [0.15, 0.2) is 0 Å². The van der Waals surface area contributed by atoms with E-state index >= 15 is 0 Å². The molecule has 0 saturated carbocycles. The van der Waals surface area contributed by atoms with E-state index in [0.29, 0.717) is 4.20 Å². The van der Waals surface area contributed by atoms with Crippen molar-refractivity contribution < 1.29 is 0 Å². The van der Waals surface area contributed by atoms with Gasteiger partial charge in [-0.05, 0) is 36.4 Å². The fourth-order valence-corrected chi connectivity index (χ4v) is 2.33. The molecule has 21 heavy (non-hydrogen) atoms. The summed E-state index contributed by atoms with van der Waals surface area (Å²) in [7, 11) is 0. The molecule has 0 atom stereocenters. The number of aromatic nitrogens is 3. The van der Waals surface area contributed by atoms with E-state index in [1.807, 2.05) is 48.5 Å². The van der Waals surface area contributed by atoms with Crippen molar-refractivity contribution in [3.63, 3.8) is 0 Å². The van der Waals surface area contributed by atoms with Crippen molar-refractivity contribution in [3.8, 4) is 22.8 Å². The van der Waals surface area contributed by atoms with Gasteiger partial charge < -0.3 is 0 Å². The number of hydrogen-bond donors (Lipinski definition) is 1. The van der Waals surface area contributed by atoms with E-state index in [-0.39, 0.29) is 0 Å². The largest absolute Gasteiger partial charge is 0.255 e. The van der Waals surface area contributed by atoms with Gasteiger partial charge in [0, 0.05) is 18.0 Å². The van der Waals surface area contributed by atoms with Crippen LogP contribution >= 0.6 is 24.8 Å². The zero-order valence-corrected chi connectivity index (χ0v) is 12.7. The van der Waals surface area contributed by atoms with Crippen LogP contribution in [0.1, 0.15) is 5.56 Å². The van der Waals surface area contributed by atoms with Gasteiger partial charge in [0.05, 0.1) is 27.0 Å². The van der Waals surface area contributed by atoms with Gasteiger partial charge in [-0.15, -0.1) is 12.6 Å². The maximum Gasteiger partial charge on any atom is 0.0986 e. The van der Waals surface area contributed by atoms with Crippen molar-refractivity contribution in [2.24, 2.45) is 0 Å². The monoisotopic (exact) mass is 309 g/mol. The van der Waals surface area contributed by atoms with Gasteiger partial charge in [-0.1, -0.05) is 24.4 Å². The highest BCUT2D eigenvalue weighted by Gasteiger charge is 2.12. The Hall–Kier alpha value is -2.11. The van der Waals surface area contributed by atoms with E-state index < -0.39 is 0 Å². The van der Waals surface area contributed by atoms with Crippen LogP contribution < -0.4 is 0 Å². The fraction of sp³-hybridized carbons (Fsp3) is 0. The molecule has 0 N–H and O–H groups in total. The molecule has 0 radical (unpaired) electrons. The number of nitrogens with zero attached hydrogens (tertiary/aromatic N) is 3. The minimum absolute atomic E-state index is 0.496. The normalized spacial score (nSPS) is 10.3. The minimum atomic E-state index is 0.496. The van der Waals surface area contributed by atoms with E-state index in [4.69, 9.17) is 12.2 Å². The van der Waals surface area contributed by atoms with Gasteiger partial charge in [-0.3, -0.25) is 9.97 Å². The molecule has 0 saturated heterocycles. The summed E-state index contributed by atoms with van der Waals surface area (Å²) in [5, 5.41) is 0. The molecule has 5 heteroatoms. The highest BCUT2D eigenvalue weighted by molar-refractivity contribution is 8.11. The van der Waals surface area contributed by atoms with Crippen LogP contribution in [0.2, 0.25) is 0 Å². The summed E-state index contributed by atoms with van der Waals surface area (Å²) in [6, 6.07) is 15.2. The average molecular weight is 309 g/mol. The van der Waals surface area contributed by atoms with Crippen molar-refractivity contribution in [1.29, 1.82) is 0 Å². The predicted octanol–water partition coefficient (Wildman–Crippen LogP) is 3.81. The SMILES string of the molecule is S=C(S)c1ccc(-c2ccccn2)nc1-c1ccccn1. The van der Waals surface area contributed by atoms with Gasteiger partial charge >= 0.3 is 0 Å². The number of hydrogen-bond acceptors (Lipinski definition) is 4. The Balaban J connectivity index is 2.18. The summed E-state index contributed by atoms with van der Waals surface area (Å²) in [5.41, 5.74) is 3.88. The first-order chi connectivity index (χ1) is 10.3. The Bertz CT molecular complexity index is 774. The highest BCUT2D eigenvalue weighted by Crippen LogP contribution is 2.25. The predicted molar refractivity (Wildman–Crippen MR) is 91.4 cm³/mol. The topological polar surface area (TPSA) is 38.7 Å². The van der Waals surface area contributed by atoms with Crippen molar-refractivity contribution in [3.05, 3.63) is 66.5 Å². The molecular formula is C16H11N3S2. The number of thiocarbonyl (C=S) groups is 1. The molecule has 0 aromatic carbocycles. The molecule has 3 rings (SSSR count). The smallest absolute Gasteiger partial charge is 0.0986 e. The van der Waals surface area contributed by atoms with Crippen LogP contribution in [0.3, 0.4) is 0 Å². The minimum Gasteiger partial charge on any atom is -0.255 e. The first kappa shape index (κ1) is 13.9. The van der Waals surface area contributed by atoms with Gasteiger partial charge in [0.1, 0.15) is 0 Å². The van der Waals surface area contributed by atoms with E-state index in [2.05, 4.69) is 27.6 Å². The van der Waals surface area contributed by atoms with E-state index in [1.165, 1.54) is 0 Å². The number of thiol groups is 1. The third-order valence-electron chi connectivity index (χ3n) is 2.96. The Labute approximate surface area is 133 Å². The molecule has 3 heterocycles. The van der Waals surface area contributed by atoms with Gasteiger partial charge in [0.2, 0.25) is 0 Å². The van der Waals surface area contributed by atoms with Gasteiger partial charge in [-0.25, -0.2) is 4.98 Å². The van der Waals surface area contributed by atoms with Crippen LogP contribution in [0, 0.1) is 0 Å². The van der Waals surface area contributed by atoms with Crippen LogP contribution in [-0.2, 0) is 0 Å². The second kappa shape index (κ2) is 6.11. The summed E-state index contributed by atoms with van der Waals surface area (Å²) in [6.45, 7) is 0. The molecule has 0 bridgehead atoms. The molecule has 3 aromatic heterocycles. The molecule has 0 fully saturated rings. The molecule has 0 aliphatic rings. The zero-order valence-electron chi connectivity index (χ0n) is 11.0. The molecule has 3 nitrogen and oxygen atoms in total. The van der Waals surface area contributed by atoms with Crippen LogP contribution in [-0.4, -0.2) is 19.1 Å². The summed E-state index contributed by atoms with van der Waals surface area (Å²) < 4.78 is 0.496. The lowest BCUT2D eigenvalue weighted by Crippen LogP contribution is -1.99. The third kappa shape index (κ3) is 2.99. The maximum atomic E-state index is 5.19. The van der Waals surface area contributed by atoms with E-state index in [1.54, 1.807) is 12.4 Å². The Morgan fingerprint density at radius 1 is 0.810 bits per heavy atom. The van der Waals surface area contributed by atoms with Crippen LogP contribution in [0.15, 0.2) is 60.9 Å². The van der Waals surface area contributed by atoms with Crippen molar-refractivity contribution in [1.82, 2.24) is 15.0 Å². The molecule has 0 amide bonds. The van der Waals surface area contributed by atoms with E-state index in [0.717, 1.165) is 28.3 Å². The van der Waals surface area contributed by atoms with Crippen LogP contribution in [0.4, 0.5) is 0 Å². The molecule has 3 aromatic rings.